The SMILES string of the molecule is CC(C)Cn1c(C2CC(=O)N(C3CCCCC3)C2)nc2ccccc21. The molecule has 1 amide bonds. The molecular weight excluding hydrogens is 310 g/mol. The summed E-state index contributed by atoms with van der Waals surface area (Å²) in [5.41, 5.74) is 2.26. The third-order valence-corrected chi connectivity index (χ3v) is 5.77. The van der Waals surface area contributed by atoms with Crippen LogP contribution in [0, 0.1) is 5.92 Å². The number of hydrogen-bond acceptors (Lipinski definition) is 2. The van der Waals surface area contributed by atoms with Gasteiger partial charge in [0.25, 0.3) is 0 Å². The van der Waals surface area contributed by atoms with Gasteiger partial charge in [0.05, 0.1) is 11.0 Å². The van der Waals surface area contributed by atoms with Crippen molar-refractivity contribution in [1.82, 2.24) is 14.5 Å². The second-order valence-electron chi connectivity index (χ2n) is 8.20. The van der Waals surface area contributed by atoms with Gasteiger partial charge in [0.15, 0.2) is 0 Å². The van der Waals surface area contributed by atoms with E-state index in [0.717, 1.165) is 24.4 Å². The van der Waals surface area contributed by atoms with Crippen molar-refractivity contribution in [3.05, 3.63) is 30.1 Å². The van der Waals surface area contributed by atoms with Crippen LogP contribution in [0.1, 0.15) is 64.1 Å². The van der Waals surface area contributed by atoms with Crippen LogP contribution in [0.15, 0.2) is 24.3 Å². The molecule has 1 unspecified atom stereocenters. The van der Waals surface area contributed by atoms with Crippen LogP contribution in [0.2, 0.25) is 0 Å². The highest BCUT2D eigenvalue weighted by atomic mass is 16.2. The molecule has 1 saturated heterocycles. The summed E-state index contributed by atoms with van der Waals surface area (Å²) in [6.07, 6.45) is 6.85. The zero-order valence-electron chi connectivity index (χ0n) is 15.4. The van der Waals surface area contributed by atoms with E-state index in [-0.39, 0.29) is 5.92 Å². The fourth-order valence-corrected chi connectivity index (χ4v) is 4.61. The third-order valence-electron chi connectivity index (χ3n) is 5.77. The molecule has 1 saturated carbocycles. The zero-order chi connectivity index (χ0) is 17.4. The Morgan fingerprint density at radius 1 is 1.16 bits per heavy atom. The van der Waals surface area contributed by atoms with Gasteiger partial charge in [0, 0.05) is 31.5 Å². The first-order valence-electron chi connectivity index (χ1n) is 9.88. The van der Waals surface area contributed by atoms with Crippen molar-refractivity contribution in [2.45, 2.75) is 70.9 Å². The maximum Gasteiger partial charge on any atom is 0.223 e. The first kappa shape index (κ1) is 16.6. The molecular formula is C21H29N3O. The Hall–Kier alpha value is -1.84. The third kappa shape index (κ3) is 3.19. The molecule has 1 atom stereocenters. The molecule has 2 aliphatic rings. The minimum atomic E-state index is 0.237. The normalized spacial score (nSPS) is 22.4. The van der Waals surface area contributed by atoms with Crippen molar-refractivity contribution in [3.8, 4) is 0 Å². The van der Waals surface area contributed by atoms with Crippen LogP contribution in [0.3, 0.4) is 0 Å². The molecule has 0 spiro atoms. The maximum atomic E-state index is 12.7. The van der Waals surface area contributed by atoms with E-state index in [0.29, 0.717) is 24.3 Å². The van der Waals surface area contributed by atoms with E-state index in [2.05, 4.69) is 41.5 Å². The highest BCUT2D eigenvalue weighted by molar-refractivity contribution is 5.81. The number of amides is 1. The standard InChI is InChI=1S/C21H29N3O/c1-15(2)13-24-19-11-7-6-10-18(19)22-21(24)16-12-20(25)23(14-16)17-8-4-3-5-9-17/h6-7,10-11,15-17H,3-5,8-9,12-14H2,1-2H3. The van der Waals surface area contributed by atoms with Gasteiger partial charge < -0.3 is 9.47 Å². The molecule has 0 bridgehead atoms. The predicted molar refractivity (Wildman–Crippen MR) is 101 cm³/mol. The second-order valence-corrected chi connectivity index (χ2v) is 8.20. The molecule has 4 heteroatoms. The lowest BCUT2D eigenvalue weighted by Crippen LogP contribution is -2.37. The van der Waals surface area contributed by atoms with E-state index in [4.69, 9.17) is 4.98 Å². The number of para-hydroxylation sites is 2. The second kappa shape index (κ2) is 6.81. The topological polar surface area (TPSA) is 38.1 Å². The van der Waals surface area contributed by atoms with Crippen LogP contribution in [0.5, 0.6) is 0 Å². The van der Waals surface area contributed by atoms with Gasteiger partial charge in [0.1, 0.15) is 5.82 Å². The van der Waals surface area contributed by atoms with Crippen LogP contribution in [0.25, 0.3) is 11.0 Å². The van der Waals surface area contributed by atoms with Gasteiger partial charge in [-0.05, 0) is 30.9 Å². The molecule has 2 heterocycles. The van der Waals surface area contributed by atoms with E-state index < -0.39 is 0 Å². The number of rotatable bonds is 4. The van der Waals surface area contributed by atoms with Crippen LogP contribution >= 0.6 is 0 Å². The Labute approximate surface area is 150 Å². The number of nitrogens with zero attached hydrogens (tertiary/aromatic N) is 3. The average molecular weight is 339 g/mol. The van der Waals surface area contributed by atoms with E-state index >= 15 is 0 Å². The van der Waals surface area contributed by atoms with Crippen molar-refractivity contribution >= 4 is 16.9 Å². The minimum absolute atomic E-state index is 0.237. The predicted octanol–water partition coefficient (Wildman–Crippen LogP) is 4.34. The Balaban J connectivity index is 1.64. The van der Waals surface area contributed by atoms with E-state index in [1.807, 2.05) is 6.07 Å². The summed E-state index contributed by atoms with van der Waals surface area (Å²) in [5.74, 6) is 2.24. The highest BCUT2D eigenvalue weighted by Crippen LogP contribution is 2.34. The molecule has 2 aromatic rings. The van der Waals surface area contributed by atoms with Gasteiger partial charge in [-0.1, -0.05) is 45.2 Å². The van der Waals surface area contributed by atoms with E-state index in [1.165, 1.54) is 37.6 Å². The van der Waals surface area contributed by atoms with Gasteiger partial charge in [-0.25, -0.2) is 4.98 Å². The monoisotopic (exact) mass is 339 g/mol. The van der Waals surface area contributed by atoms with Crippen molar-refractivity contribution in [2.24, 2.45) is 5.92 Å². The Morgan fingerprint density at radius 3 is 2.68 bits per heavy atom. The van der Waals surface area contributed by atoms with Crippen LogP contribution in [-0.4, -0.2) is 32.9 Å². The number of fused-ring (bicyclic) bond motifs is 1. The molecule has 1 aliphatic heterocycles. The number of aromatic nitrogens is 2. The maximum absolute atomic E-state index is 12.7. The first-order valence-corrected chi connectivity index (χ1v) is 9.88. The fourth-order valence-electron chi connectivity index (χ4n) is 4.61. The number of carbonyl (C=O) groups excluding carboxylic acids is 1. The summed E-state index contributed by atoms with van der Waals surface area (Å²) in [7, 11) is 0. The molecule has 1 aliphatic carbocycles. The summed E-state index contributed by atoms with van der Waals surface area (Å²) < 4.78 is 2.36. The number of likely N-dealkylation sites (tertiary alicyclic amines) is 1. The molecule has 134 valence electrons. The van der Waals surface area contributed by atoms with Gasteiger partial charge in [0.2, 0.25) is 5.91 Å². The average Bonchev–Trinajstić information content (AvgIpc) is 3.16. The summed E-state index contributed by atoms with van der Waals surface area (Å²) in [6.45, 7) is 6.30. The fraction of sp³-hybridized carbons (Fsp3) is 0.619. The molecule has 4 rings (SSSR count). The van der Waals surface area contributed by atoms with Crippen molar-refractivity contribution < 1.29 is 4.79 Å². The molecule has 1 aromatic carbocycles. The van der Waals surface area contributed by atoms with Crippen LogP contribution in [0.4, 0.5) is 0 Å². The summed E-state index contributed by atoms with van der Waals surface area (Å²) >= 11 is 0. The summed E-state index contributed by atoms with van der Waals surface area (Å²) in [4.78, 5) is 19.8. The molecule has 2 fully saturated rings. The lowest BCUT2D eigenvalue weighted by molar-refractivity contribution is -0.130. The van der Waals surface area contributed by atoms with Crippen LogP contribution in [-0.2, 0) is 11.3 Å². The molecule has 0 radical (unpaired) electrons. The Kier molecular flexibility index (Phi) is 4.53. The quantitative estimate of drug-likeness (QED) is 0.831. The van der Waals surface area contributed by atoms with Gasteiger partial charge in [-0.2, -0.15) is 0 Å². The summed E-state index contributed by atoms with van der Waals surface area (Å²) in [6, 6.07) is 8.84. The number of hydrogen-bond donors (Lipinski definition) is 0. The van der Waals surface area contributed by atoms with Gasteiger partial charge in [-0.3, -0.25) is 4.79 Å². The van der Waals surface area contributed by atoms with Crippen molar-refractivity contribution in [3.63, 3.8) is 0 Å². The van der Waals surface area contributed by atoms with Crippen molar-refractivity contribution in [1.29, 1.82) is 0 Å². The first-order chi connectivity index (χ1) is 12.1. The highest BCUT2D eigenvalue weighted by Gasteiger charge is 2.37. The lowest BCUT2D eigenvalue weighted by atomic mass is 9.94. The number of carbonyl (C=O) groups is 1. The Bertz CT molecular complexity index is 758. The van der Waals surface area contributed by atoms with Crippen molar-refractivity contribution in [2.75, 3.05) is 6.54 Å². The minimum Gasteiger partial charge on any atom is -0.339 e. The molecule has 25 heavy (non-hydrogen) atoms. The van der Waals surface area contributed by atoms with Crippen LogP contribution < -0.4 is 0 Å². The molecule has 0 N–H and O–H groups in total. The van der Waals surface area contributed by atoms with Gasteiger partial charge in [-0.15, -0.1) is 0 Å². The largest absolute Gasteiger partial charge is 0.339 e. The number of benzene rings is 1. The number of imidazole rings is 1. The zero-order valence-corrected chi connectivity index (χ0v) is 15.4. The summed E-state index contributed by atoms with van der Waals surface area (Å²) in [5, 5.41) is 0. The lowest BCUT2D eigenvalue weighted by Gasteiger charge is -2.31. The van der Waals surface area contributed by atoms with E-state index in [1.54, 1.807) is 0 Å². The molecule has 4 nitrogen and oxygen atoms in total. The molecule has 1 aromatic heterocycles. The van der Waals surface area contributed by atoms with E-state index in [9.17, 15) is 4.79 Å². The Morgan fingerprint density at radius 2 is 1.92 bits per heavy atom. The smallest absolute Gasteiger partial charge is 0.223 e. The van der Waals surface area contributed by atoms with Gasteiger partial charge >= 0.3 is 0 Å².